The number of nitrogens with one attached hydrogen (secondary N) is 2. The molecule has 11 heteroatoms. The Morgan fingerprint density at radius 2 is 1.93 bits per heavy atom. The minimum absolute atomic E-state index is 0.0624. The molecule has 2 N–H and O–H groups in total. The van der Waals surface area contributed by atoms with Crippen molar-refractivity contribution in [3.63, 3.8) is 0 Å². The van der Waals surface area contributed by atoms with Gasteiger partial charge in [-0.2, -0.15) is 4.72 Å². The van der Waals surface area contributed by atoms with Crippen molar-refractivity contribution in [2.75, 3.05) is 18.2 Å². The van der Waals surface area contributed by atoms with Crippen LogP contribution in [0, 0.1) is 5.92 Å². The minimum atomic E-state index is -3.87. The van der Waals surface area contributed by atoms with Crippen LogP contribution in [0.1, 0.15) is 27.2 Å². The molecule has 8 nitrogen and oxygen atoms in total. The van der Waals surface area contributed by atoms with E-state index >= 15 is 0 Å². The molecule has 0 unspecified atom stereocenters. The summed E-state index contributed by atoms with van der Waals surface area (Å²) >= 11 is 2.78. The third-order valence-electron chi connectivity index (χ3n) is 3.60. The van der Waals surface area contributed by atoms with Gasteiger partial charge in [0.25, 0.3) is 0 Å². The predicted molar refractivity (Wildman–Crippen MR) is 111 cm³/mol. The van der Waals surface area contributed by atoms with Crippen LogP contribution in [0.5, 0.6) is 5.75 Å². The lowest BCUT2D eigenvalue weighted by molar-refractivity contribution is -0.118. The minimum Gasteiger partial charge on any atom is -0.497 e. The fourth-order valence-electron chi connectivity index (χ4n) is 2.32. The Hall–Kier alpha value is -1.69. The summed E-state index contributed by atoms with van der Waals surface area (Å²) in [6, 6.07) is 5.05. The molecule has 0 saturated carbocycles. The maximum Gasteiger partial charge on any atom is 0.244 e. The zero-order valence-electron chi connectivity index (χ0n) is 16.1. The third-order valence-corrected chi connectivity index (χ3v) is 6.94. The maximum atomic E-state index is 12.7. The van der Waals surface area contributed by atoms with Crippen LogP contribution in [0.2, 0.25) is 0 Å². The predicted octanol–water partition coefficient (Wildman–Crippen LogP) is 2.99. The molecule has 1 heterocycles. The second-order valence-electron chi connectivity index (χ2n) is 6.27. The summed E-state index contributed by atoms with van der Waals surface area (Å²) < 4.78 is 33.7. The van der Waals surface area contributed by atoms with Gasteiger partial charge < -0.3 is 4.74 Å². The van der Waals surface area contributed by atoms with Crippen molar-refractivity contribution in [1.29, 1.82) is 0 Å². The molecule has 0 saturated heterocycles. The number of ether oxygens (including phenoxy) is 1. The van der Waals surface area contributed by atoms with E-state index in [1.165, 1.54) is 42.3 Å². The quantitative estimate of drug-likeness (QED) is 0.428. The second-order valence-corrected chi connectivity index (χ2v) is 10.5. The number of nitrogens with zero attached hydrogens (tertiary/aromatic N) is 2. The number of aromatic nitrogens is 2. The van der Waals surface area contributed by atoms with Gasteiger partial charge in [0.1, 0.15) is 11.8 Å². The van der Waals surface area contributed by atoms with Crippen molar-refractivity contribution < 1.29 is 17.9 Å². The lowest BCUT2D eigenvalue weighted by Gasteiger charge is -2.19. The molecule has 0 spiro atoms. The normalized spacial score (nSPS) is 12.8. The largest absolute Gasteiger partial charge is 0.497 e. The first-order valence-corrected chi connectivity index (χ1v) is 12.0. The highest BCUT2D eigenvalue weighted by Crippen LogP contribution is 2.25. The summed E-state index contributed by atoms with van der Waals surface area (Å²) in [5, 5.41) is 10.9. The highest BCUT2D eigenvalue weighted by molar-refractivity contribution is 8.01. The zero-order chi connectivity index (χ0) is 20.7. The highest BCUT2D eigenvalue weighted by atomic mass is 32.2. The Labute approximate surface area is 173 Å². The fraction of sp³-hybridized carbons (Fsp3) is 0.471. The molecule has 1 aromatic carbocycles. The number of methoxy groups -OCH3 is 1. The number of carbonyl (C=O) groups excluding carboxylic acids is 1. The van der Waals surface area contributed by atoms with Crippen molar-refractivity contribution in [3.8, 4) is 5.75 Å². The van der Waals surface area contributed by atoms with Gasteiger partial charge in [-0.1, -0.05) is 43.9 Å². The lowest BCUT2D eigenvalue weighted by atomic mass is 10.0. The number of thioether (sulfide) groups is 1. The smallest absolute Gasteiger partial charge is 0.244 e. The van der Waals surface area contributed by atoms with E-state index in [9.17, 15) is 13.2 Å². The van der Waals surface area contributed by atoms with Crippen LogP contribution < -0.4 is 14.8 Å². The van der Waals surface area contributed by atoms with Crippen molar-refractivity contribution in [3.05, 3.63) is 24.3 Å². The van der Waals surface area contributed by atoms with Gasteiger partial charge in [-0.25, -0.2) is 8.42 Å². The topological polar surface area (TPSA) is 110 Å². The molecule has 0 aliphatic carbocycles. The molecule has 28 heavy (non-hydrogen) atoms. The lowest BCUT2D eigenvalue weighted by Crippen LogP contribution is -2.44. The van der Waals surface area contributed by atoms with Crippen LogP contribution in [0.4, 0.5) is 5.13 Å². The molecular weight excluding hydrogens is 420 g/mol. The Balaban J connectivity index is 2.15. The van der Waals surface area contributed by atoms with Crippen LogP contribution in [0.25, 0.3) is 0 Å². The van der Waals surface area contributed by atoms with Gasteiger partial charge in [-0.15, -0.1) is 10.2 Å². The van der Waals surface area contributed by atoms with E-state index in [1.807, 2.05) is 20.8 Å². The van der Waals surface area contributed by atoms with Gasteiger partial charge in [0.15, 0.2) is 4.34 Å². The molecular formula is C17H24N4O4S3. The van der Waals surface area contributed by atoms with Gasteiger partial charge >= 0.3 is 0 Å². The number of hydrogen-bond acceptors (Lipinski definition) is 8. The molecule has 0 bridgehead atoms. The van der Waals surface area contributed by atoms with Gasteiger partial charge in [0.2, 0.25) is 21.1 Å². The van der Waals surface area contributed by atoms with E-state index in [1.54, 1.807) is 12.1 Å². The summed E-state index contributed by atoms with van der Waals surface area (Å²) in [6.07, 6.45) is 0.344. The van der Waals surface area contributed by atoms with Crippen LogP contribution in [-0.2, 0) is 14.8 Å². The number of sulfonamides is 1. The molecule has 1 atom stereocenters. The highest BCUT2D eigenvalue weighted by Gasteiger charge is 2.27. The number of benzene rings is 1. The summed E-state index contributed by atoms with van der Waals surface area (Å²) in [6.45, 7) is 5.84. The number of anilines is 1. The number of carbonyl (C=O) groups is 1. The van der Waals surface area contributed by atoms with Gasteiger partial charge in [0.05, 0.1) is 12.0 Å². The Morgan fingerprint density at radius 1 is 1.25 bits per heavy atom. The summed E-state index contributed by atoms with van der Waals surface area (Å²) in [5.41, 5.74) is 0. The van der Waals surface area contributed by atoms with Crippen LogP contribution in [-0.4, -0.2) is 43.4 Å². The summed E-state index contributed by atoms with van der Waals surface area (Å²) in [5.74, 6) is 1.04. The first-order chi connectivity index (χ1) is 13.2. The van der Waals surface area contributed by atoms with E-state index < -0.39 is 22.0 Å². The first-order valence-electron chi connectivity index (χ1n) is 8.68. The van der Waals surface area contributed by atoms with Gasteiger partial charge in [-0.3, -0.25) is 10.1 Å². The van der Waals surface area contributed by atoms with Crippen LogP contribution in [0.15, 0.2) is 33.5 Å². The summed E-state index contributed by atoms with van der Waals surface area (Å²) in [4.78, 5) is 12.8. The van der Waals surface area contributed by atoms with Crippen molar-refractivity contribution in [2.24, 2.45) is 5.92 Å². The third kappa shape index (κ3) is 6.43. The fourth-order valence-corrected chi connectivity index (χ4v) is 5.19. The Morgan fingerprint density at radius 3 is 2.50 bits per heavy atom. The average molecular weight is 445 g/mol. The molecule has 0 aliphatic rings. The van der Waals surface area contributed by atoms with Crippen molar-refractivity contribution in [2.45, 2.75) is 42.5 Å². The van der Waals surface area contributed by atoms with E-state index in [0.717, 1.165) is 10.1 Å². The average Bonchev–Trinajstić information content (AvgIpc) is 3.08. The molecule has 0 fully saturated rings. The first kappa shape index (κ1) is 22.6. The molecule has 1 aromatic heterocycles. The van der Waals surface area contributed by atoms with E-state index in [4.69, 9.17) is 4.74 Å². The number of hydrogen-bond donors (Lipinski definition) is 2. The molecule has 0 radical (unpaired) electrons. The summed E-state index contributed by atoms with van der Waals surface area (Å²) in [7, 11) is -2.37. The van der Waals surface area contributed by atoms with Crippen LogP contribution >= 0.6 is 23.1 Å². The standard InChI is InChI=1S/C17H24N4O4S3/c1-5-26-17-20-19-16(27-17)18-15(22)14(10-11(2)3)21-28(23,24)13-8-6-12(25-4)7-9-13/h6-9,11,14,21H,5,10H2,1-4H3,(H,18,19,22)/t14-/m0/s1. The van der Waals surface area contributed by atoms with Crippen LogP contribution in [0.3, 0.4) is 0 Å². The second kappa shape index (κ2) is 10.2. The molecule has 2 rings (SSSR count). The van der Waals surface area contributed by atoms with E-state index in [-0.39, 0.29) is 10.8 Å². The van der Waals surface area contributed by atoms with E-state index in [0.29, 0.717) is 17.3 Å². The Kier molecular flexibility index (Phi) is 8.23. The van der Waals surface area contributed by atoms with E-state index in [2.05, 4.69) is 20.2 Å². The van der Waals surface area contributed by atoms with Gasteiger partial charge in [-0.05, 0) is 42.4 Å². The molecule has 154 valence electrons. The maximum absolute atomic E-state index is 12.7. The zero-order valence-corrected chi connectivity index (χ0v) is 18.6. The van der Waals surface area contributed by atoms with Crippen molar-refractivity contribution in [1.82, 2.24) is 14.9 Å². The Bertz CT molecular complexity index is 882. The number of rotatable bonds is 10. The monoisotopic (exact) mass is 444 g/mol. The number of amides is 1. The van der Waals surface area contributed by atoms with Gasteiger partial charge in [0, 0.05) is 0 Å². The molecule has 1 amide bonds. The SMILES string of the molecule is CCSc1nnc(NC(=O)[C@H](CC(C)C)NS(=O)(=O)c2ccc(OC)cc2)s1. The molecule has 0 aliphatic heterocycles. The molecule has 2 aromatic rings. The van der Waals surface area contributed by atoms with Crippen molar-refractivity contribution >= 4 is 44.2 Å².